The Morgan fingerprint density at radius 2 is 2.15 bits per heavy atom. The lowest BCUT2D eigenvalue weighted by Crippen LogP contribution is -2.40. The molecule has 1 saturated heterocycles. The SMILES string of the molecule is CCc1c(-c2cc3cc(OC(=O)NC4COCC4C)ncc3c(N)c2F)cnc2c1NCCO2. The number of ether oxygens (including phenoxy) is 3. The maximum atomic E-state index is 15.4. The quantitative estimate of drug-likeness (QED) is 0.499. The second kappa shape index (κ2) is 8.94. The molecule has 0 bridgehead atoms. The summed E-state index contributed by atoms with van der Waals surface area (Å²) in [5.41, 5.74) is 8.71. The Bertz CT molecular complexity index is 1270. The van der Waals surface area contributed by atoms with Gasteiger partial charge in [0.2, 0.25) is 11.8 Å². The highest BCUT2D eigenvalue weighted by Gasteiger charge is 2.27. The van der Waals surface area contributed by atoms with Crippen LogP contribution in [0.2, 0.25) is 0 Å². The lowest BCUT2D eigenvalue weighted by molar-refractivity contribution is 0.176. The van der Waals surface area contributed by atoms with Gasteiger partial charge in [0, 0.05) is 47.4 Å². The van der Waals surface area contributed by atoms with Crippen LogP contribution < -0.4 is 25.8 Å². The highest BCUT2D eigenvalue weighted by Crippen LogP contribution is 2.40. The van der Waals surface area contributed by atoms with Crippen molar-refractivity contribution in [3.63, 3.8) is 0 Å². The maximum Gasteiger partial charge on any atom is 0.414 e. The van der Waals surface area contributed by atoms with Gasteiger partial charge in [-0.05, 0) is 23.4 Å². The first-order chi connectivity index (χ1) is 16.5. The first kappa shape index (κ1) is 22.1. The molecule has 3 aromatic rings. The summed E-state index contributed by atoms with van der Waals surface area (Å²) in [5.74, 6) is 0.237. The Morgan fingerprint density at radius 1 is 1.29 bits per heavy atom. The molecule has 34 heavy (non-hydrogen) atoms. The minimum atomic E-state index is -0.622. The number of pyridine rings is 2. The number of nitrogen functional groups attached to an aromatic ring is 1. The van der Waals surface area contributed by atoms with E-state index in [-0.39, 0.29) is 23.5 Å². The second-order valence-corrected chi connectivity index (χ2v) is 8.51. The van der Waals surface area contributed by atoms with Crippen LogP contribution in [0, 0.1) is 11.7 Å². The summed E-state index contributed by atoms with van der Waals surface area (Å²) in [5, 5.41) is 7.11. The molecule has 4 heterocycles. The molecule has 178 valence electrons. The smallest absolute Gasteiger partial charge is 0.414 e. The molecular formula is C24H26FN5O4. The maximum absolute atomic E-state index is 15.4. The van der Waals surface area contributed by atoms with Crippen molar-refractivity contribution in [1.29, 1.82) is 0 Å². The summed E-state index contributed by atoms with van der Waals surface area (Å²) in [6.45, 7) is 6.18. The molecule has 1 fully saturated rings. The Morgan fingerprint density at radius 3 is 2.91 bits per heavy atom. The Labute approximate surface area is 195 Å². The molecule has 0 spiro atoms. The highest BCUT2D eigenvalue weighted by molar-refractivity contribution is 5.98. The normalized spacial score (nSPS) is 19.3. The summed E-state index contributed by atoms with van der Waals surface area (Å²) in [6, 6.07) is 3.12. The Hall–Kier alpha value is -3.66. The predicted octanol–water partition coefficient (Wildman–Crippen LogP) is 3.51. The zero-order valence-electron chi connectivity index (χ0n) is 19.0. The standard InChI is InChI=1S/C24H26FN5O4/c1-3-14-17(9-29-23-22(14)27-4-5-33-23)15-6-13-7-19(28-8-16(13)21(26)20(15)25)34-24(31)30-18-11-32-10-12(18)2/h6-9,12,18,27H,3-5,10-11,26H2,1-2H3,(H,30,31). The number of rotatable bonds is 4. The first-order valence-electron chi connectivity index (χ1n) is 11.3. The fourth-order valence-electron chi connectivity index (χ4n) is 4.39. The van der Waals surface area contributed by atoms with Crippen molar-refractivity contribution in [3.05, 3.63) is 35.9 Å². The van der Waals surface area contributed by atoms with Gasteiger partial charge in [-0.3, -0.25) is 0 Å². The predicted molar refractivity (Wildman–Crippen MR) is 126 cm³/mol. The van der Waals surface area contributed by atoms with Gasteiger partial charge in [-0.1, -0.05) is 13.8 Å². The van der Waals surface area contributed by atoms with Crippen LogP contribution >= 0.6 is 0 Å². The number of nitrogens with one attached hydrogen (secondary N) is 2. The van der Waals surface area contributed by atoms with Crippen LogP contribution in [0.5, 0.6) is 11.8 Å². The molecule has 5 rings (SSSR count). The van der Waals surface area contributed by atoms with E-state index >= 15 is 4.39 Å². The van der Waals surface area contributed by atoms with Gasteiger partial charge in [-0.15, -0.1) is 0 Å². The zero-order valence-corrected chi connectivity index (χ0v) is 19.0. The first-order valence-corrected chi connectivity index (χ1v) is 11.3. The third kappa shape index (κ3) is 3.94. The van der Waals surface area contributed by atoms with Gasteiger partial charge in [0.1, 0.15) is 12.3 Å². The molecule has 2 aliphatic heterocycles. The van der Waals surface area contributed by atoms with Crippen molar-refractivity contribution in [3.8, 4) is 22.9 Å². The molecule has 1 aromatic carbocycles. The molecule has 9 nitrogen and oxygen atoms in total. The van der Waals surface area contributed by atoms with Crippen LogP contribution in [0.3, 0.4) is 0 Å². The summed E-state index contributed by atoms with van der Waals surface area (Å²) >= 11 is 0. The number of nitrogens with two attached hydrogens (primary N) is 1. The van der Waals surface area contributed by atoms with E-state index in [9.17, 15) is 4.79 Å². The number of carbonyl (C=O) groups excluding carboxylic acids is 1. The molecule has 0 radical (unpaired) electrons. The summed E-state index contributed by atoms with van der Waals surface area (Å²) < 4.78 is 31.8. The molecule has 2 aromatic heterocycles. The summed E-state index contributed by atoms with van der Waals surface area (Å²) in [7, 11) is 0. The fraction of sp³-hybridized carbons (Fsp3) is 0.375. The van der Waals surface area contributed by atoms with E-state index in [2.05, 4.69) is 20.6 Å². The van der Waals surface area contributed by atoms with Gasteiger partial charge in [0.25, 0.3) is 0 Å². The van der Waals surface area contributed by atoms with Gasteiger partial charge in [-0.2, -0.15) is 0 Å². The van der Waals surface area contributed by atoms with Crippen LogP contribution in [0.1, 0.15) is 19.4 Å². The second-order valence-electron chi connectivity index (χ2n) is 8.51. The van der Waals surface area contributed by atoms with Crippen molar-refractivity contribution >= 4 is 28.2 Å². The van der Waals surface area contributed by atoms with Crippen molar-refractivity contribution in [2.75, 3.05) is 37.4 Å². The van der Waals surface area contributed by atoms with Crippen molar-refractivity contribution in [2.24, 2.45) is 5.92 Å². The number of anilines is 2. The molecule has 2 unspecified atom stereocenters. The lowest BCUT2D eigenvalue weighted by atomic mass is 9.95. The van der Waals surface area contributed by atoms with E-state index in [0.29, 0.717) is 60.6 Å². The monoisotopic (exact) mass is 467 g/mol. The summed E-state index contributed by atoms with van der Waals surface area (Å²) in [6.07, 6.45) is 3.03. The van der Waals surface area contributed by atoms with Gasteiger partial charge < -0.3 is 30.6 Å². The molecule has 0 aliphatic carbocycles. The minimum absolute atomic E-state index is 0.0306. The number of halogens is 1. The van der Waals surface area contributed by atoms with Crippen molar-refractivity contribution in [2.45, 2.75) is 26.3 Å². The molecule has 0 saturated carbocycles. The van der Waals surface area contributed by atoms with E-state index in [0.717, 1.165) is 11.3 Å². The van der Waals surface area contributed by atoms with Crippen molar-refractivity contribution in [1.82, 2.24) is 15.3 Å². The number of hydrogen-bond acceptors (Lipinski definition) is 8. The molecule has 4 N–H and O–H groups in total. The van der Waals surface area contributed by atoms with E-state index in [4.69, 9.17) is 19.9 Å². The average molecular weight is 468 g/mol. The van der Waals surface area contributed by atoms with Crippen LogP contribution in [-0.2, 0) is 11.2 Å². The van der Waals surface area contributed by atoms with Gasteiger partial charge in [-0.25, -0.2) is 19.2 Å². The highest BCUT2D eigenvalue weighted by atomic mass is 19.1. The van der Waals surface area contributed by atoms with Crippen LogP contribution in [0.4, 0.5) is 20.6 Å². The number of nitrogens with zero attached hydrogens (tertiary/aromatic N) is 2. The summed E-state index contributed by atoms with van der Waals surface area (Å²) in [4.78, 5) is 20.8. The number of benzene rings is 1. The zero-order chi connectivity index (χ0) is 23.8. The van der Waals surface area contributed by atoms with E-state index in [1.54, 1.807) is 18.3 Å². The number of amides is 1. The molecule has 2 atom stereocenters. The van der Waals surface area contributed by atoms with Gasteiger partial charge in [0.05, 0.1) is 24.9 Å². The Balaban J connectivity index is 1.50. The number of hydrogen-bond donors (Lipinski definition) is 3. The van der Waals surface area contributed by atoms with Crippen LogP contribution in [0.15, 0.2) is 24.5 Å². The third-order valence-corrected chi connectivity index (χ3v) is 6.28. The van der Waals surface area contributed by atoms with Gasteiger partial charge >= 0.3 is 6.09 Å². The van der Waals surface area contributed by atoms with E-state index in [1.165, 1.54) is 6.20 Å². The molecule has 10 heteroatoms. The molecule has 2 aliphatic rings. The van der Waals surface area contributed by atoms with Crippen LogP contribution in [-0.4, -0.2) is 48.5 Å². The Kier molecular flexibility index (Phi) is 5.82. The fourth-order valence-corrected chi connectivity index (χ4v) is 4.39. The third-order valence-electron chi connectivity index (χ3n) is 6.28. The van der Waals surface area contributed by atoms with E-state index < -0.39 is 11.9 Å². The largest absolute Gasteiger partial charge is 0.474 e. The van der Waals surface area contributed by atoms with Crippen molar-refractivity contribution < 1.29 is 23.4 Å². The number of fused-ring (bicyclic) bond motifs is 2. The average Bonchev–Trinajstić information content (AvgIpc) is 3.24. The topological polar surface area (TPSA) is 121 Å². The van der Waals surface area contributed by atoms with Crippen LogP contribution in [0.25, 0.3) is 21.9 Å². The number of carbonyl (C=O) groups is 1. The molecule has 1 amide bonds. The van der Waals surface area contributed by atoms with E-state index in [1.807, 2.05) is 13.8 Å². The molecular weight excluding hydrogens is 441 g/mol. The lowest BCUT2D eigenvalue weighted by Gasteiger charge is -2.23. The number of aromatic nitrogens is 2. The van der Waals surface area contributed by atoms with Gasteiger partial charge in [0.15, 0.2) is 5.82 Å². The minimum Gasteiger partial charge on any atom is -0.474 e.